The lowest BCUT2D eigenvalue weighted by molar-refractivity contribution is 0.448. The molecule has 0 spiro atoms. The van der Waals surface area contributed by atoms with Gasteiger partial charge in [-0.05, 0) is 109 Å². The molecule has 0 aliphatic heterocycles. The zero-order chi connectivity index (χ0) is 38.4. The number of nitrogens with zero attached hydrogens (tertiary/aromatic N) is 3. The monoisotopic (exact) mass is 777 g/mol. The van der Waals surface area contributed by atoms with E-state index in [4.69, 9.17) is 12.2 Å². The number of nitriles is 1. The van der Waals surface area contributed by atoms with Crippen molar-refractivity contribution in [3.05, 3.63) is 169 Å². The Morgan fingerprint density at radius 3 is 1.46 bits per heavy atom. The fourth-order valence-corrected chi connectivity index (χ4v) is 10.1. The van der Waals surface area contributed by atoms with Crippen molar-refractivity contribution in [1.82, 2.24) is 9.13 Å². The van der Waals surface area contributed by atoms with Gasteiger partial charge in [0.15, 0.2) is 0 Å². The van der Waals surface area contributed by atoms with E-state index in [-0.39, 0.29) is 5.25 Å². The van der Waals surface area contributed by atoms with E-state index >= 15 is 0 Å². The van der Waals surface area contributed by atoms with Gasteiger partial charge in [-0.2, -0.15) is 5.26 Å². The third-order valence-corrected chi connectivity index (χ3v) is 13.7. The van der Waals surface area contributed by atoms with E-state index in [9.17, 15) is 5.26 Å². The number of aromatic nitrogens is 2. The van der Waals surface area contributed by atoms with Crippen LogP contribution in [0.15, 0.2) is 164 Å². The number of thioether (sulfide) groups is 2. The molecule has 2 heterocycles. The molecular weight excluding hydrogens is 739 g/mol. The molecule has 3 nitrogen and oxygen atoms in total. The van der Waals surface area contributed by atoms with Gasteiger partial charge in [-0.25, -0.2) is 0 Å². The van der Waals surface area contributed by atoms with Crippen LogP contribution in [0.2, 0.25) is 0 Å². The smallest absolute Gasteiger partial charge is 0.104 e. The van der Waals surface area contributed by atoms with Gasteiger partial charge in [0.05, 0.1) is 33.6 Å². The first kappa shape index (κ1) is 36.1. The summed E-state index contributed by atoms with van der Waals surface area (Å²) in [6, 6.07) is 61.9. The molecule has 272 valence electrons. The summed E-state index contributed by atoms with van der Waals surface area (Å²) in [5, 5.41) is 14.9. The van der Waals surface area contributed by atoms with E-state index in [1.165, 1.54) is 65.9 Å². The average molecular weight is 778 g/mol. The van der Waals surface area contributed by atoms with Gasteiger partial charge in [0, 0.05) is 38.2 Å². The summed E-state index contributed by atoms with van der Waals surface area (Å²) in [5.41, 5.74) is 12.5. The lowest BCUT2D eigenvalue weighted by Crippen LogP contribution is -2.13. The van der Waals surface area contributed by atoms with Gasteiger partial charge in [0.2, 0.25) is 0 Å². The molecule has 0 bridgehead atoms. The van der Waals surface area contributed by atoms with Crippen LogP contribution in [0.1, 0.15) is 31.1 Å². The molecule has 0 aliphatic carbocycles. The standard InChI is InChI=1S/C50H39N3S3/c1-50(2,32-51)31-48(56-49(54)55-3)36-18-16-35(17-19-36)37-24-29-47-43(30-37)42-12-6-9-15-46(42)53(47)39-27-22-34(23-28-39)33-20-25-38(26-21-33)52-44-13-7-4-10-40(44)41-11-5-8-14-45(41)52/h4-30,48H,31H2,1-3H3. The Morgan fingerprint density at radius 2 is 0.982 bits per heavy atom. The average Bonchev–Trinajstić information content (AvgIpc) is 3.76. The van der Waals surface area contributed by atoms with E-state index in [0.717, 1.165) is 26.9 Å². The summed E-state index contributed by atoms with van der Waals surface area (Å²) in [6.07, 6.45) is 2.75. The van der Waals surface area contributed by atoms with Crippen molar-refractivity contribution in [2.75, 3.05) is 6.26 Å². The summed E-state index contributed by atoms with van der Waals surface area (Å²) >= 11 is 8.87. The predicted molar refractivity (Wildman–Crippen MR) is 246 cm³/mol. The van der Waals surface area contributed by atoms with Crippen LogP contribution in [0.4, 0.5) is 0 Å². The second-order valence-electron chi connectivity index (χ2n) is 14.9. The van der Waals surface area contributed by atoms with Gasteiger partial charge < -0.3 is 9.13 Å². The number of benzene rings is 7. The van der Waals surface area contributed by atoms with Crippen LogP contribution in [0.5, 0.6) is 0 Å². The SMILES string of the molecule is CSC(=S)SC(CC(C)(C)C#N)c1ccc(-c2ccc3c(c2)c2ccccc2n3-c2ccc(-c3ccc(-n4c5ccccc5c5ccccc54)cc3)cc2)cc1. The predicted octanol–water partition coefficient (Wildman–Crippen LogP) is 14.6. The summed E-state index contributed by atoms with van der Waals surface area (Å²) in [6.45, 7) is 4.01. The first-order valence-corrected chi connectivity index (χ1v) is 21.3. The van der Waals surface area contributed by atoms with Crippen LogP contribution in [0.3, 0.4) is 0 Å². The van der Waals surface area contributed by atoms with Crippen LogP contribution in [0.25, 0.3) is 77.2 Å². The maximum absolute atomic E-state index is 9.76. The van der Waals surface area contributed by atoms with Crippen LogP contribution in [0, 0.1) is 16.7 Å². The van der Waals surface area contributed by atoms with Crippen LogP contribution in [-0.4, -0.2) is 18.9 Å². The van der Waals surface area contributed by atoms with Gasteiger partial charge in [-0.15, -0.1) is 11.8 Å². The minimum Gasteiger partial charge on any atom is -0.309 e. The van der Waals surface area contributed by atoms with Crippen LogP contribution >= 0.6 is 35.7 Å². The third kappa shape index (κ3) is 6.60. The summed E-state index contributed by atoms with van der Waals surface area (Å²) in [4.78, 5) is 0. The van der Waals surface area contributed by atoms with Gasteiger partial charge >= 0.3 is 0 Å². The topological polar surface area (TPSA) is 33.6 Å². The molecule has 9 aromatic rings. The fraction of sp³-hybridized carbons (Fsp3) is 0.120. The highest BCUT2D eigenvalue weighted by molar-refractivity contribution is 8.47. The first-order chi connectivity index (χ1) is 27.3. The van der Waals surface area contributed by atoms with E-state index < -0.39 is 5.41 Å². The number of hydrogen-bond donors (Lipinski definition) is 0. The van der Waals surface area contributed by atoms with Crippen LogP contribution in [-0.2, 0) is 0 Å². The van der Waals surface area contributed by atoms with Gasteiger partial charge in [0.25, 0.3) is 0 Å². The Bertz CT molecular complexity index is 2890. The molecule has 9 rings (SSSR count). The molecule has 0 aliphatic rings. The molecule has 1 unspecified atom stereocenters. The highest BCUT2D eigenvalue weighted by Crippen LogP contribution is 2.43. The number of thiocarbonyl (C=S) groups is 1. The molecule has 6 heteroatoms. The summed E-state index contributed by atoms with van der Waals surface area (Å²) in [7, 11) is 0. The molecule has 0 amide bonds. The molecule has 0 fully saturated rings. The van der Waals surface area contributed by atoms with Crippen molar-refractivity contribution in [3.63, 3.8) is 0 Å². The second kappa shape index (κ2) is 14.8. The normalized spacial score (nSPS) is 12.4. The molecule has 2 aromatic heterocycles. The molecule has 0 N–H and O–H groups in total. The molecule has 0 saturated carbocycles. The second-order valence-corrected chi connectivity index (χ2v) is 18.1. The minimum atomic E-state index is -0.440. The molecule has 56 heavy (non-hydrogen) atoms. The minimum absolute atomic E-state index is 0.121. The lowest BCUT2D eigenvalue weighted by atomic mass is 9.87. The molecule has 0 saturated heterocycles. The van der Waals surface area contributed by atoms with Crippen molar-refractivity contribution >= 4 is 82.9 Å². The Hall–Kier alpha value is -5.58. The van der Waals surface area contributed by atoms with Crippen LogP contribution < -0.4 is 0 Å². The largest absolute Gasteiger partial charge is 0.309 e. The quantitative estimate of drug-likeness (QED) is 0.144. The Morgan fingerprint density at radius 1 is 0.571 bits per heavy atom. The zero-order valence-corrected chi connectivity index (χ0v) is 33.9. The van der Waals surface area contributed by atoms with Crippen molar-refractivity contribution in [2.45, 2.75) is 25.5 Å². The zero-order valence-electron chi connectivity index (χ0n) is 31.4. The molecular formula is C50H39N3S3. The Kier molecular flexibility index (Phi) is 9.55. The molecule has 0 radical (unpaired) electrons. The van der Waals surface area contributed by atoms with Gasteiger partial charge in [-0.3, -0.25) is 0 Å². The van der Waals surface area contributed by atoms with E-state index in [1.807, 2.05) is 20.1 Å². The Labute approximate surface area is 341 Å². The number of hydrogen-bond acceptors (Lipinski definition) is 4. The van der Waals surface area contributed by atoms with Gasteiger partial charge in [0.1, 0.15) is 3.53 Å². The summed E-state index contributed by atoms with van der Waals surface area (Å²) in [5.74, 6) is 0. The van der Waals surface area contributed by atoms with Gasteiger partial charge in [-0.1, -0.05) is 133 Å². The fourth-order valence-electron chi connectivity index (χ4n) is 8.03. The van der Waals surface area contributed by atoms with Crippen molar-refractivity contribution in [3.8, 4) is 39.7 Å². The highest BCUT2D eigenvalue weighted by atomic mass is 32.2. The van der Waals surface area contributed by atoms with Crippen molar-refractivity contribution in [1.29, 1.82) is 5.26 Å². The third-order valence-electron chi connectivity index (χ3n) is 10.9. The number of para-hydroxylation sites is 3. The van der Waals surface area contributed by atoms with Crippen molar-refractivity contribution in [2.24, 2.45) is 5.41 Å². The van der Waals surface area contributed by atoms with Crippen molar-refractivity contribution < 1.29 is 0 Å². The van der Waals surface area contributed by atoms with E-state index in [0.29, 0.717) is 0 Å². The maximum atomic E-state index is 9.76. The lowest BCUT2D eigenvalue weighted by Gasteiger charge is -2.24. The van der Waals surface area contributed by atoms with E-state index in [2.05, 4.69) is 179 Å². The number of fused-ring (bicyclic) bond motifs is 6. The molecule has 7 aromatic carbocycles. The first-order valence-electron chi connectivity index (χ1n) is 18.8. The summed E-state index contributed by atoms with van der Waals surface area (Å²) < 4.78 is 5.63. The maximum Gasteiger partial charge on any atom is 0.104 e. The Balaban J connectivity index is 1.02. The molecule has 1 atom stereocenters. The number of rotatable bonds is 8. The van der Waals surface area contributed by atoms with E-state index in [1.54, 1.807) is 23.5 Å². The highest BCUT2D eigenvalue weighted by Gasteiger charge is 2.26.